The van der Waals surface area contributed by atoms with Crippen molar-refractivity contribution in [1.82, 2.24) is 20.0 Å². The zero-order valence-corrected chi connectivity index (χ0v) is 20.5. The van der Waals surface area contributed by atoms with Gasteiger partial charge in [0.15, 0.2) is 5.78 Å². The van der Waals surface area contributed by atoms with E-state index in [2.05, 4.69) is 22.2 Å². The summed E-state index contributed by atoms with van der Waals surface area (Å²) in [5.41, 5.74) is 1.10. The summed E-state index contributed by atoms with van der Waals surface area (Å²) in [4.78, 5) is 17.8. The SMILES string of the molecule is COC[C@@]1(O)CC[C@H]2[C@H](CC[C@@H]3[C@@H]2CC[C@]2(C)C(C(=O)Cn4nnc5ccncc54)CC[C@@H]32)C1. The van der Waals surface area contributed by atoms with Gasteiger partial charge in [-0.1, -0.05) is 12.1 Å². The van der Waals surface area contributed by atoms with Crippen LogP contribution in [0, 0.1) is 40.9 Å². The first-order chi connectivity index (χ1) is 16.4. The third-order valence-corrected chi connectivity index (χ3v) is 10.5. The third-order valence-electron chi connectivity index (χ3n) is 10.5. The Morgan fingerprint density at radius 2 is 2.00 bits per heavy atom. The molecule has 8 atom stereocenters. The van der Waals surface area contributed by atoms with Gasteiger partial charge in [0.2, 0.25) is 0 Å². The first-order valence-corrected chi connectivity index (χ1v) is 13.3. The Bertz CT molecular complexity index is 1070. The zero-order chi connectivity index (χ0) is 23.5. The van der Waals surface area contributed by atoms with Gasteiger partial charge >= 0.3 is 0 Å². The Balaban J connectivity index is 1.17. The molecule has 184 valence electrons. The summed E-state index contributed by atoms with van der Waals surface area (Å²) in [5, 5.41) is 19.4. The number of pyridine rings is 1. The quantitative estimate of drug-likeness (QED) is 0.715. The lowest BCUT2D eigenvalue weighted by molar-refractivity contribution is -0.136. The second-order valence-corrected chi connectivity index (χ2v) is 12.1. The van der Waals surface area contributed by atoms with Crippen molar-refractivity contribution in [2.24, 2.45) is 40.9 Å². The molecule has 2 aromatic rings. The van der Waals surface area contributed by atoms with E-state index < -0.39 is 5.60 Å². The van der Waals surface area contributed by atoms with Crippen LogP contribution in [0.5, 0.6) is 0 Å². The van der Waals surface area contributed by atoms with Crippen molar-refractivity contribution in [2.45, 2.75) is 76.9 Å². The van der Waals surface area contributed by atoms with E-state index in [1.807, 2.05) is 6.07 Å². The molecule has 1 unspecified atom stereocenters. The number of aromatic nitrogens is 4. The van der Waals surface area contributed by atoms with Crippen LogP contribution in [0.3, 0.4) is 0 Å². The number of nitrogens with zero attached hydrogens (tertiary/aromatic N) is 4. The monoisotopic (exact) mass is 466 g/mol. The molecule has 7 heteroatoms. The number of ether oxygens (including phenoxy) is 1. The average Bonchev–Trinajstić information content (AvgIpc) is 3.39. The molecule has 4 saturated carbocycles. The van der Waals surface area contributed by atoms with Gasteiger partial charge in [0.05, 0.1) is 18.4 Å². The highest BCUT2D eigenvalue weighted by Crippen LogP contribution is 2.64. The largest absolute Gasteiger partial charge is 0.387 e. The zero-order valence-electron chi connectivity index (χ0n) is 20.5. The van der Waals surface area contributed by atoms with Gasteiger partial charge in [-0.2, -0.15) is 0 Å². The van der Waals surface area contributed by atoms with Gasteiger partial charge in [-0.3, -0.25) is 9.78 Å². The Kier molecular flexibility index (Phi) is 5.56. The summed E-state index contributed by atoms with van der Waals surface area (Å²) in [6, 6.07) is 1.84. The van der Waals surface area contributed by atoms with E-state index in [1.54, 1.807) is 24.2 Å². The van der Waals surface area contributed by atoms with Gasteiger partial charge in [-0.25, -0.2) is 4.68 Å². The molecule has 0 amide bonds. The predicted molar refractivity (Wildman–Crippen MR) is 128 cm³/mol. The van der Waals surface area contributed by atoms with E-state index in [-0.39, 0.29) is 11.3 Å². The maximum absolute atomic E-state index is 13.6. The lowest BCUT2D eigenvalue weighted by Gasteiger charge is -2.57. The predicted octanol–water partition coefficient (Wildman–Crippen LogP) is 4.04. The summed E-state index contributed by atoms with van der Waals surface area (Å²) in [7, 11) is 1.70. The Labute approximate surface area is 201 Å². The standard InChI is InChI=1S/C27H38N4O3/c1-26-10-7-19-18-8-11-27(33,16-34-2)13-17(18)3-4-20(19)21(26)5-6-22(26)25(32)15-31-24-14-28-12-9-23(24)29-30-31/h9,12,14,17-22,33H,3-8,10-11,13,15-16H2,1-2H3/t17-,18+,19-,20-,21+,22?,26+,27-/m1/s1. The first kappa shape index (κ1) is 22.6. The third kappa shape index (κ3) is 3.53. The fraction of sp³-hybridized carbons (Fsp3) is 0.778. The number of rotatable bonds is 5. The molecule has 7 nitrogen and oxygen atoms in total. The molecule has 4 aliphatic carbocycles. The topological polar surface area (TPSA) is 90.1 Å². The minimum Gasteiger partial charge on any atom is -0.387 e. The molecule has 0 spiro atoms. The van der Waals surface area contributed by atoms with Crippen LogP contribution < -0.4 is 0 Å². The lowest BCUT2D eigenvalue weighted by Crippen LogP contribution is -2.52. The molecule has 6 rings (SSSR count). The van der Waals surface area contributed by atoms with E-state index in [0.29, 0.717) is 30.8 Å². The number of hydrogen-bond acceptors (Lipinski definition) is 6. The molecule has 0 aliphatic heterocycles. The fourth-order valence-corrected chi connectivity index (χ4v) is 9.08. The number of ketones is 1. The van der Waals surface area contributed by atoms with Crippen LogP contribution >= 0.6 is 0 Å². The molecule has 0 bridgehead atoms. The van der Waals surface area contributed by atoms with Crippen LogP contribution in [0.4, 0.5) is 0 Å². The highest BCUT2D eigenvalue weighted by molar-refractivity contribution is 5.84. The summed E-state index contributed by atoms with van der Waals surface area (Å²) in [6.45, 7) is 3.17. The lowest BCUT2D eigenvalue weighted by atomic mass is 9.49. The number of carbonyl (C=O) groups excluding carboxylic acids is 1. The van der Waals surface area contributed by atoms with Crippen LogP contribution in [-0.2, 0) is 16.1 Å². The van der Waals surface area contributed by atoms with Crippen molar-refractivity contribution in [2.75, 3.05) is 13.7 Å². The molecule has 0 aromatic carbocycles. The van der Waals surface area contributed by atoms with Crippen molar-refractivity contribution in [3.05, 3.63) is 18.5 Å². The van der Waals surface area contributed by atoms with Crippen LogP contribution in [0.2, 0.25) is 0 Å². The molecular weight excluding hydrogens is 428 g/mol. The number of hydrogen-bond donors (Lipinski definition) is 1. The number of Topliss-reactive ketones (excluding diaryl/α,β-unsaturated/α-hetero) is 1. The van der Waals surface area contributed by atoms with Gasteiger partial charge in [0.1, 0.15) is 17.6 Å². The second-order valence-electron chi connectivity index (χ2n) is 12.1. The molecule has 4 aliphatic rings. The highest BCUT2D eigenvalue weighted by Gasteiger charge is 2.59. The number of aliphatic hydroxyl groups is 1. The van der Waals surface area contributed by atoms with E-state index in [1.165, 1.54) is 25.7 Å². The molecule has 4 fully saturated rings. The van der Waals surface area contributed by atoms with Crippen molar-refractivity contribution < 1.29 is 14.6 Å². The molecule has 1 N–H and O–H groups in total. The molecule has 34 heavy (non-hydrogen) atoms. The van der Waals surface area contributed by atoms with Gasteiger partial charge in [-0.05, 0) is 98.9 Å². The average molecular weight is 467 g/mol. The van der Waals surface area contributed by atoms with Gasteiger partial charge in [0.25, 0.3) is 0 Å². The van der Waals surface area contributed by atoms with Crippen LogP contribution in [0.25, 0.3) is 11.0 Å². The Morgan fingerprint density at radius 3 is 2.85 bits per heavy atom. The maximum atomic E-state index is 13.6. The minimum atomic E-state index is -0.627. The summed E-state index contributed by atoms with van der Waals surface area (Å²) >= 11 is 0. The number of methoxy groups -OCH3 is 1. The van der Waals surface area contributed by atoms with E-state index in [0.717, 1.165) is 60.9 Å². The maximum Gasteiger partial charge on any atom is 0.157 e. The fourth-order valence-electron chi connectivity index (χ4n) is 9.08. The van der Waals surface area contributed by atoms with Crippen molar-refractivity contribution >= 4 is 16.8 Å². The number of carbonyl (C=O) groups is 1. The minimum absolute atomic E-state index is 0.102. The molecule has 0 saturated heterocycles. The first-order valence-electron chi connectivity index (χ1n) is 13.3. The van der Waals surface area contributed by atoms with Crippen LogP contribution in [0.15, 0.2) is 18.5 Å². The smallest absolute Gasteiger partial charge is 0.157 e. The molecule has 2 heterocycles. The summed E-state index contributed by atoms with van der Waals surface area (Å²) in [6.07, 6.45) is 13.4. The van der Waals surface area contributed by atoms with Gasteiger partial charge in [0, 0.05) is 19.2 Å². The van der Waals surface area contributed by atoms with Gasteiger partial charge < -0.3 is 9.84 Å². The van der Waals surface area contributed by atoms with Crippen LogP contribution in [0.1, 0.15) is 64.7 Å². The summed E-state index contributed by atoms with van der Waals surface area (Å²) < 4.78 is 7.08. The Hall–Kier alpha value is -1.86. The molecule has 0 radical (unpaired) electrons. The van der Waals surface area contributed by atoms with Gasteiger partial charge in [-0.15, -0.1) is 5.10 Å². The molecule has 2 aromatic heterocycles. The van der Waals surface area contributed by atoms with E-state index in [4.69, 9.17) is 4.74 Å². The van der Waals surface area contributed by atoms with Crippen molar-refractivity contribution in [3.63, 3.8) is 0 Å². The van der Waals surface area contributed by atoms with Crippen LogP contribution in [-0.4, -0.2) is 50.2 Å². The molecular formula is C27H38N4O3. The normalized spacial score (nSPS) is 41.6. The Morgan fingerprint density at radius 1 is 1.15 bits per heavy atom. The van der Waals surface area contributed by atoms with E-state index >= 15 is 0 Å². The van der Waals surface area contributed by atoms with Crippen molar-refractivity contribution in [1.29, 1.82) is 0 Å². The summed E-state index contributed by atoms with van der Waals surface area (Å²) in [5.74, 6) is 3.96. The second kappa shape index (κ2) is 8.37. The van der Waals surface area contributed by atoms with E-state index in [9.17, 15) is 9.90 Å². The highest BCUT2D eigenvalue weighted by atomic mass is 16.5. The number of fused-ring (bicyclic) bond motifs is 6. The van der Waals surface area contributed by atoms with Crippen molar-refractivity contribution in [3.8, 4) is 0 Å².